The number of hydrazine groups is 1. The van der Waals surface area contributed by atoms with E-state index in [-0.39, 0.29) is 12.4 Å². The van der Waals surface area contributed by atoms with Crippen molar-refractivity contribution in [1.29, 1.82) is 0 Å². The van der Waals surface area contributed by atoms with Crippen LogP contribution in [0.5, 0.6) is 5.75 Å². The van der Waals surface area contributed by atoms with Crippen LogP contribution in [0.3, 0.4) is 0 Å². The number of rotatable bonds is 5. The molecule has 1 aromatic heterocycles. The Morgan fingerprint density at radius 1 is 0.759 bits per heavy atom. The zero-order valence-electron chi connectivity index (χ0n) is 15.4. The molecule has 2 amide bonds. The van der Waals surface area contributed by atoms with Crippen LogP contribution in [0.4, 0.5) is 0 Å². The van der Waals surface area contributed by atoms with E-state index in [4.69, 9.17) is 9.15 Å². The van der Waals surface area contributed by atoms with Crippen molar-refractivity contribution in [3.05, 3.63) is 102 Å². The first-order valence-corrected chi connectivity index (χ1v) is 9.06. The molecule has 0 aliphatic heterocycles. The molecule has 0 spiro atoms. The second-order valence-electron chi connectivity index (χ2n) is 6.28. The summed E-state index contributed by atoms with van der Waals surface area (Å²) in [6.45, 7) is 0.149. The Balaban J connectivity index is 1.54. The molecule has 0 saturated heterocycles. The van der Waals surface area contributed by atoms with Gasteiger partial charge in [0, 0.05) is 16.5 Å². The predicted octanol–water partition coefficient (Wildman–Crippen LogP) is 4.09. The molecule has 144 valence electrons. The van der Waals surface area contributed by atoms with Crippen molar-refractivity contribution in [2.45, 2.75) is 6.61 Å². The molecular weight excluding hydrogens is 368 g/mol. The van der Waals surface area contributed by atoms with Gasteiger partial charge >= 0.3 is 5.91 Å². The van der Waals surface area contributed by atoms with Gasteiger partial charge in [-0.1, -0.05) is 54.6 Å². The van der Waals surface area contributed by atoms with Gasteiger partial charge in [0.05, 0.1) is 0 Å². The van der Waals surface area contributed by atoms with Crippen molar-refractivity contribution < 1.29 is 18.7 Å². The van der Waals surface area contributed by atoms with E-state index in [0.717, 1.165) is 5.39 Å². The molecule has 0 radical (unpaired) electrons. The number of para-hydroxylation sites is 2. The Morgan fingerprint density at radius 3 is 2.14 bits per heavy atom. The third-order valence-corrected chi connectivity index (χ3v) is 4.36. The number of nitrogens with one attached hydrogen (secondary N) is 2. The van der Waals surface area contributed by atoms with E-state index in [1.54, 1.807) is 30.3 Å². The molecule has 0 saturated carbocycles. The Hall–Kier alpha value is -4.06. The Morgan fingerprint density at radius 2 is 1.38 bits per heavy atom. The molecule has 1 heterocycles. The van der Waals surface area contributed by atoms with Gasteiger partial charge in [-0.15, -0.1) is 0 Å². The molecule has 4 aromatic rings. The Kier molecular flexibility index (Phi) is 5.25. The van der Waals surface area contributed by atoms with Gasteiger partial charge in [-0.05, 0) is 30.3 Å². The maximum atomic E-state index is 12.7. The third kappa shape index (κ3) is 4.11. The molecule has 2 N–H and O–H groups in total. The topological polar surface area (TPSA) is 80.6 Å². The molecule has 0 aliphatic rings. The number of carbonyl (C=O) groups is 2. The van der Waals surface area contributed by atoms with Crippen molar-refractivity contribution in [3.8, 4) is 5.75 Å². The number of hydrogen-bond donors (Lipinski definition) is 2. The molecular formula is C23H18N2O4. The lowest BCUT2D eigenvalue weighted by molar-refractivity contribution is 0.0830. The van der Waals surface area contributed by atoms with Crippen LogP contribution in [-0.2, 0) is 6.61 Å². The van der Waals surface area contributed by atoms with Gasteiger partial charge in [0.2, 0.25) is 5.76 Å². The first-order valence-electron chi connectivity index (χ1n) is 9.06. The van der Waals surface area contributed by atoms with Crippen LogP contribution in [0, 0.1) is 0 Å². The van der Waals surface area contributed by atoms with E-state index < -0.39 is 11.8 Å². The summed E-state index contributed by atoms with van der Waals surface area (Å²) in [7, 11) is 0. The molecule has 4 rings (SSSR count). The fourth-order valence-electron chi connectivity index (χ4n) is 2.93. The minimum Gasteiger partial charge on any atom is -0.489 e. The molecule has 0 fully saturated rings. The molecule has 0 bridgehead atoms. The van der Waals surface area contributed by atoms with E-state index in [9.17, 15) is 9.59 Å². The predicted molar refractivity (Wildman–Crippen MR) is 108 cm³/mol. The number of carbonyl (C=O) groups excluding carboxylic acids is 2. The normalized spacial score (nSPS) is 10.5. The maximum absolute atomic E-state index is 12.7. The number of hydrogen-bond acceptors (Lipinski definition) is 4. The van der Waals surface area contributed by atoms with Gasteiger partial charge in [0.15, 0.2) is 0 Å². The van der Waals surface area contributed by atoms with Crippen molar-refractivity contribution in [1.82, 2.24) is 10.9 Å². The quantitative estimate of drug-likeness (QED) is 0.506. The number of amides is 2. The highest BCUT2D eigenvalue weighted by atomic mass is 16.5. The lowest BCUT2D eigenvalue weighted by atomic mass is 10.1. The smallest absolute Gasteiger partial charge is 0.305 e. The lowest BCUT2D eigenvalue weighted by Crippen LogP contribution is -2.41. The van der Waals surface area contributed by atoms with Gasteiger partial charge in [-0.2, -0.15) is 0 Å². The number of ether oxygens (including phenoxy) is 1. The molecule has 6 heteroatoms. The van der Waals surface area contributed by atoms with Crippen LogP contribution < -0.4 is 15.6 Å². The summed E-state index contributed by atoms with van der Waals surface area (Å²) in [5, 5.41) is 0.781. The zero-order chi connectivity index (χ0) is 20.1. The molecule has 0 aliphatic carbocycles. The van der Waals surface area contributed by atoms with Gasteiger partial charge < -0.3 is 9.15 Å². The standard InChI is InChI=1S/C23H18N2O4/c26-22(16-9-3-1-4-10-16)24-25-23(27)21-19(15-28-17-11-5-2-6-12-17)18-13-7-8-14-20(18)29-21/h1-14H,15H2,(H,24,26)(H,25,27). The van der Waals surface area contributed by atoms with Crippen LogP contribution in [0.1, 0.15) is 26.5 Å². The number of benzene rings is 3. The summed E-state index contributed by atoms with van der Waals surface area (Å²) in [6.07, 6.45) is 0. The van der Waals surface area contributed by atoms with Crippen molar-refractivity contribution in [2.24, 2.45) is 0 Å². The SMILES string of the molecule is O=C(NNC(=O)c1oc2ccccc2c1COc1ccccc1)c1ccccc1. The van der Waals surface area contributed by atoms with Crippen LogP contribution in [0.2, 0.25) is 0 Å². The average Bonchev–Trinajstić information content (AvgIpc) is 3.16. The summed E-state index contributed by atoms with van der Waals surface area (Å²) in [5.41, 5.74) is 6.42. The monoisotopic (exact) mass is 386 g/mol. The van der Waals surface area contributed by atoms with Gasteiger partial charge in [0.1, 0.15) is 17.9 Å². The van der Waals surface area contributed by atoms with Gasteiger partial charge in [0.25, 0.3) is 5.91 Å². The number of furan rings is 1. The average molecular weight is 386 g/mol. The van der Waals surface area contributed by atoms with Gasteiger partial charge in [-0.25, -0.2) is 0 Å². The van der Waals surface area contributed by atoms with E-state index in [1.165, 1.54) is 0 Å². The second kappa shape index (κ2) is 8.31. The van der Waals surface area contributed by atoms with E-state index in [1.807, 2.05) is 54.6 Å². The zero-order valence-corrected chi connectivity index (χ0v) is 15.4. The van der Waals surface area contributed by atoms with E-state index >= 15 is 0 Å². The summed E-state index contributed by atoms with van der Waals surface area (Å²) in [5.74, 6) is -0.202. The van der Waals surface area contributed by atoms with Gasteiger partial charge in [-0.3, -0.25) is 20.4 Å². The van der Waals surface area contributed by atoms with Crippen LogP contribution in [0.15, 0.2) is 89.3 Å². The maximum Gasteiger partial charge on any atom is 0.305 e. The second-order valence-corrected chi connectivity index (χ2v) is 6.28. The molecule has 0 unspecified atom stereocenters. The fourth-order valence-corrected chi connectivity index (χ4v) is 2.93. The van der Waals surface area contributed by atoms with E-state index in [0.29, 0.717) is 22.5 Å². The van der Waals surface area contributed by atoms with Crippen molar-refractivity contribution >= 4 is 22.8 Å². The highest BCUT2D eigenvalue weighted by Crippen LogP contribution is 2.27. The third-order valence-electron chi connectivity index (χ3n) is 4.36. The fraction of sp³-hybridized carbons (Fsp3) is 0.0435. The Bertz CT molecular complexity index is 1140. The van der Waals surface area contributed by atoms with Crippen LogP contribution in [0.25, 0.3) is 11.0 Å². The summed E-state index contributed by atoms with van der Waals surface area (Å²) >= 11 is 0. The molecule has 3 aromatic carbocycles. The highest BCUT2D eigenvalue weighted by Gasteiger charge is 2.21. The summed E-state index contributed by atoms with van der Waals surface area (Å²) in [6, 6.07) is 25.2. The van der Waals surface area contributed by atoms with E-state index in [2.05, 4.69) is 10.9 Å². The van der Waals surface area contributed by atoms with Crippen LogP contribution in [-0.4, -0.2) is 11.8 Å². The molecule has 29 heavy (non-hydrogen) atoms. The first-order chi connectivity index (χ1) is 14.2. The highest BCUT2D eigenvalue weighted by molar-refractivity contribution is 6.01. The minimum absolute atomic E-state index is 0.0930. The Labute approximate surface area is 167 Å². The van der Waals surface area contributed by atoms with Crippen LogP contribution >= 0.6 is 0 Å². The molecule has 0 atom stereocenters. The van der Waals surface area contributed by atoms with Crippen molar-refractivity contribution in [2.75, 3.05) is 0 Å². The summed E-state index contributed by atoms with van der Waals surface area (Å²) in [4.78, 5) is 24.9. The largest absolute Gasteiger partial charge is 0.489 e. The molecule has 6 nitrogen and oxygen atoms in total. The lowest BCUT2D eigenvalue weighted by Gasteiger charge is -2.08. The number of fused-ring (bicyclic) bond motifs is 1. The first kappa shape index (κ1) is 18.3. The van der Waals surface area contributed by atoms with Crippen molar-refractivity contribution in [3.63, 3.8) is 0 Å². The minimum atomic E-state index is -0.558. The summed E-state index contributed by atoms with van der Waals surface area (Å²) < 4.78 is 11.6.